The zero-order chi connectivity index (χ0) is 13.1. The highest BCUT2D eigenvalue weighted by Crippen LogP contribution is 2.24. The highest BCUT2D eigenvalue weighted by molar-refractivity contribution is 5.43. The molecule has 2 nitrogen and oxygen atoms in total. The molecule has 1 aromatic carbocycles. The molecule has 1 aromatic rings. The van der Waals surface area contributed by atoms with E-state index in [4.69, 9.17) is 4.74 Å². The minimum Gasteiger partial charge on any atom is -0.496 e. The second kappa shape index (κ2) is 5.54. The molecule has 0 aliphatic heterocycles. The van der Waals surface area contributed by atoms with E-state index >= 15 is 0 Å². The fourth-order valence-corrected chi connectivity index (χ4v) is 2.02. The Labute approximate surface area is 105 Å². The first kappa shape index (κ1) is 14.0. The summed E-state index contributed by atoms with van der Waals surface area (Å²) < 4.78 is 5.46. The van der Waals surface area contributed by atoms with Crippen molar-refractivity contribution in [3.63, 3.8) is 0 Å². The minimum absolute atomic E-state index is 0.172. The largest absolute Gasteiger partial charge is 0.496 e. The van der Waals surface area contributed by atoms with Crippen molar-refractivity contribution in [2.24, 2.45) is 0 Å². The summed E-state index contributed by atoms with van der Waals surface area (Å²) in [7, 11) is 1.74. The predicted molar refractivity (Wildman–Crippen MR) is 73.9 cm³/mol. The molecule has 0 aromatic heterocycles. The molecule has 0 bridgehead atoms. The molecular weight excluding hydrogens is 210 g/mol. The first-order valence-electron chi connectivity index (χ1n) is 6.22. The molecule has 0 amide bonds. The van der Waals surface area contributed by atoms with Crippen molar-refractivity contribution >= 4 is 0 Å². The molecule has 0 atom stereocenters. The van der Waals surface area contributed by atoms with Gasteiger partial charge in [-0.15, -0.1) is 0 Å². The van der Waals surface area contributed by atoms with Crippen LogP contribution >= 0.6 is 0 Å². The van der Waals surface area contributed by atoms with Crippen molar-refractivity contribution in [2.45, 2.75) is 46.6 Å². The topological polar surface area (TPSA) is 21.3 Å². The normalized spacial score (nSPS) is 11.6. The van der Waals surface area contributed by atoms with E-state index in [1.807, 2.05) is 0 Å². The Morgan fingerprint density at radius 3 is 2.35 bits per heavy atom. The average Bonchev–Trinajstić information content (AvgIpc) is 2.18. The summed E-state index contributed by atoms with van der Waals surface area (Å²) in [5.41, 5.74) is 4.06. The highest BCUT2D eigenvalue weighted by Gasteiger charge is 2.11. The number of ether oxygens (including phenoxy) is 1. The summed E-state index contributed by atoms with van der Waals surface area (Å²) in [5.74, 6) is 1.01. The van der Waals surface area contributed by atoms with Crippen LogP contribution < -0.4 is 10.1 Å². The lowest BCUT2D eigenvalue weighted by molar-refractivity contribution is 0.401. The van der Waals surface area contributed by atoms with Gasteiger partial charge in [-0.2, -0.15) is 0 Å². The maximum Gasteiger partial charge on any atom is 0.122 e. The summed E-state index contributed by atoms with van der Waals surface area (Å²) in [6, 6.07) is 4.33. The Hall–Kier alpha value is -1.02. The quantitative estimate of drug-likeness (QED) is 0.865. The third-order valence-electron chi connectivity index (χ3n) is 2.83. The van der Waals surface area contributed by atoms with Crippen LogP contribution in [0.3, 0.4) is 0 Å². The molecule has 0 spiro atoms. The Balaban J connectivity index is 2.76. The molecule has 0 fully saturated rings. The third kappa shape index (κ3) is 4.39. The molecule has 1 N–H and O–H groups in total. The molecule has 0 radical (unpaired) electrons. The van der Waals surface area contributed by atoms with Crippen molar-refractivity contribution in [2.75, 3.05) is 13.7 Å². The van der Waals surface area contributed by atoms with Gasteiger partial charge < -0.3 is 10.1 Å². The Morgan fingerprint density at radius 2 is 1.82 bits per heavy atom. The highest BCUT2D eigenvalue weighted by atomic mass is 16.5. The lowest BCUT2D eigenvalue weighted by atomic mass is 10.0. The molecule has 2 heteroatoms. The van der Waals surface area contributed by atoms with E-state index in [0.717, 1.165) is 18.7 Å². The first-order valence-corrected chi connectivity index (χ1v) is 6.22. The average molecular weight is 235 g/mol. The van der Waals surface area contributed by atoms with E-state index in [1.165, 1.54) is 16.7 Å². The lowest BCUT2D eigenvalue weighted by Gasteiger charge is -2.21. The van der Waals surface area contributed by atoms with Gasteiger partial charge in [0.25, 0.3) is 0 Å². The molecule has 0 aliphatic carbocycles. The van der Waals surface area contributed by atoms with E-state index in [-0.39, 0.29) is 5.54 Å². The molecule has 0 saturated carbocycles. The number of hydrogen-bond donors (Lipinski definition) is 1. The van der Waals surface area contributed by atoms with Gasteiger partial charge in [0, 0.05) is 5.54 Å². The van der Waals surface area contributed by atoms with Crippen LogP contribution in [0.4, 0.5) is 0 Å². The van der Waals surface area contributed by atoms with Crippen molar-refractivity contribution in [1.29, 1.82) is 0 Å². The van der Waals surface area contributed by atoms with Gasteiger partial charge in [-0.3, -0.25) is 0 Å². The van der Waals surface area contributed by atoms with Crippen LogP contribution in [0, 0.1) is 13.8 Å². The van der Waals surface area contributed by atoms with Gasteiger partial charge in [0.15, 0.2) is 0 Å². The second-order valence-electron chi connectivity index (χ2n) is 5.69. The Bertz CT molecular complexity index is 377. The Morgan fingerprint density at radius 1 is 1.18 bits per heavy atom. The van der Waals surface area contributed by atoms with E-state index in [1.54, 1.807) is 7.11 Å². The minimum atomic E-state index is 0.172. The Kier molecular flexibility index (Phi) is 4.58. The molecule has 0 aliphatic rings. The van der Waals surface area contributed by atoms with E-state index in [2.05, 4.69) is 52.1 Å². The summed E-state index contributed by atoms with van der Waals surface area (Å²) in [6.45, 7) is 11.8. The van der Waals surface area contributed by atoms with Gasteiger partial charge in [-0.05, 0) is 70.3 Å². The van der Waals surface area contributed by atoms with Gasteiger partial charge in [0.2, 0.25) is 0 Å². The van der Waals surface area contributed by atoms with Crippen LogP contribution in [0.15, 0.2) is 12.1 Å². The van der Waals surface area contributed by atoms with Crippen LogP contribution in [0.2, 0.25) is 0 Å². The standard InChI is InChI=1S/C15H25NO/c1-11-9-12(2)13(14(10-11)17-6)7-8-16-15(3,4)5/h9-10,16H,7-8H2,1-6H3. The predicted octanol–water partition coefficient (Wildman–Crippen LogP) is 3.24. The summed E-state index contributed by atoms with van der Waals surface area (Å²) in [6.07, 6.45) is 1.01. The molecule has 1 rings (SSSR count). The number of methoxy groups -OCH3 is 1. The third-order valence-corrected chi connectivity index (χ3v) is 2.83. The van der Waals surface area contributed by atoms with Crippen LogP contribution in [0.25, 0.3) is 0 Å². The van der Waals surface area contributed by atoms with Crippen molar-refractivity contribution in [3.8, 4) is 5.75 Å². The molecule has 96 valence electrons. The van der Waals surface area contributed by atoms with Gasteiger partial charge >= 0.3 is 0 Å². The zero-order valence-electron chi connectivity index (χ0n) is 12.0. The molecule has 0 saturated heterocycles. The number of nitrogens with one attached hydrogen (secondary N) is 1. The smallest absolute Gasteiger partial charge is 0.122 e. The number of benzene rings is 1. The van der Waals surface area contributed by atoms with Crippen LogP contribution in [-0.2, 0) is 6.42 Å². The van der Waals surface area contributed by atoms with Crippen molar-refractivity contribution in [3.05, 3.63) is 28.8 Å². The SMILES string of the molecule is COc1cc(C)cc(C)c1CCNC(C)(C)C. The lowest BCUT2D eigenvalue weighted by Crippen LogP contribution is -2.37. The van der Waals surface area contributed by atoms with Gasteiger partial charge in [-0.25, -0.2) is 0 Å². The van der Waals surface area contributed by atoms with E-state index in [9.17, 15) is 0 Å². The first-order chi connectivity index (χ1) is 7.83. The fourth-order valence-electron chi connectivity index (χ4n) is 2.02. The number of aryl methyl sites for hydroxylation is 2. The summed E-state index contributed by atoms with van der Waals surface area (Å²) in [5, 5.41) is 3.51. The van der Waals surface area contributed by atoms with Gasteiger partial charge in [-0.1, -0.05) is 6.07 Å². The van der Waals surface area contributed by atoms with Gasteiger partial charge in [0.05, 0.1) is 7.11 Å². The maximum atomic E-state index is 5.46. The second-order valence-corrected chi connectivity index (χ2v) is 5.69. The molecule has 17 heavy (non-hydrogen) atoms. The zero-order valence-corrected chi connectivity index (χ0v) is 12.0. The van der Waals surface area contributed by atoms with Gasteiger partial charge in [0.1, 0.15) is 5.75 Å². The number of hydrogen-bond acceptors (Lipinski definition) is 2. The molecule has 0 unspecified atom stereocenters. The van der Waals surface area contributed by atoms with Crippen molar-refractivity contribution in [1.82, 2.24) is 5.32 Å². The molecular formula is C15H25NO. The number of rotatable bonds is 4. The van der Waals surface area contributed by atoms with E-state index in [0.29, 0.717) is 0 Å². The summed E-state index contributed by atoms with van der Waals surface area (Å²) in [4.78, 5) is 0. The van der Waals surface area contributed by atoms with E-state index < -0.39 is 0 Å². The summed E-state index contributed by atoms with van der Waals surface area (Å²) >= 11 is 0. The monoisotopic (exact) mass is 235 g/mol. The molecule has 0 heterocycles. The van der Waals surface area contributed by atoms with Crippen LogP contribution in [-0.4, -0.2) is 19.2 Å². The maximum absolute atomic E-state index is 5.46. The fraction of sp³-hybridized carbons (Fsp3) is 0.600. The van der Waals surface area contributed by atoms with Crippen LogP contribution in [0.5, 0.6) is 5.75 Å². The van der Waals surface area contributed by atoms with Crippen molar-refractivity contribution < 1.29 is 4.74 Å². The van der Waals surface area contributed by atoms with Crippen LogP contribution in [0.1, 0.15) is 37.5 Å².